The number of benzene rings is 3. The van der Waals surface area contributed by atoms with E-state index in [4.69, 9.17) is 0 Å². The summed E-state index contributed by atoms with van der Waals surface area (Å²) < 4.78 is 13.8. The average molecular weight is 360 g/mol. The molecule has 134 valence electrons. The van der Waals surface area contributed by atoms with Crippen molar-refractivity contribution in [1.82, 2.24) is 0 Å². The summed E-state index contributed by atoms with van der Waals surface area (Å²) in [6.45, 7) is 2.36. The maximum atomic E-state index is 13.8. The molecule has 0 spiro atoms. The minimum atomic E-state index is -0.565. The Labute approximate surface area is 156 Å². The fraction of sp³-hybridized carbons (Fsp3) is 0.0909. The molecule has 5 heteroatoms. The quantitative estimate of drug-likeness (QED) is 0.745. The van der Waals surface area contributed by atoms with Crippen LogP contribution in [0.4, 0.5) is 15.8 Å². The largest absolute Gasteiger partial charge is 0.322 e. The minimum absolute atomic E-state index is 0.00820. The van der Waals surface area contributed by atoms with Crippen LogP contribution in [0.2, 0.25) is 0 Å². The van der Waals surface area contributed by atoms with Crippen LogP contribution in [0.25, 0.3) is 0 Å². The highest BCUT2D eigenvalue weighted by Gasteiger charge is 2.28. The van der Waals surface area contributed by atoms with Gasteiger partial charge in [0, 0.05) is 16.9 Å². The lowest BCUT2D eigenvalue weighted by Crippen LogP contribution is -2.23. The maximum Gasteiger partial charge on any atom is 0.258 e. The van der Waals surface area contributed by atoms with E-state index in [2.05, 4.69) is 5.32 Å². The van der Waals surface area contributed by atoms with Gasteiger partial charge in [0.2, 0.25) is 0 Å². The van der Waals surface area contributed by atoms with Crippen molar-refractivity contribution in [3.63, 3.8) is 0 Å². The van der Waals surface area contributed by atoms with E-state index in [1.165, 1.54) is 18.2 Å². The van der Waals surface area contributed by atoms with Crippen molar-refractivity contribution in [2.45, 2.75) is 13.5 Å². The molecule has 1 heterocycles. The fourth-order valence-corrected chi connectivity index (χ4v) is 3.25. The van der Waals surface area contributed by atoms with Gasteiger partial charge in [-0.2, -0.15) is 0 Å². The zero-order valence-electron chi connectivity index (χ0n) is 14.7. The number of nitrogens with one attached hydrogen (secondary N) is 1. The number of aryl methyl sites for hydroxylation is 1. The Morgan fingerprint density at radius 3 is 2.52 bits per heavy atom. The van der Waals surface area contributed by atoms with Gasteiger partial charge in [0.25, 0.3) is 11.8 Å². The zero-order valence-corrected chi connectivity index (χ0v) is 14.7. The SMILES string of the molecule is Cc1cc(N2Cc3ccccc3C2=O)ccc1NC(=O)c1ccccc1F. The van der Waals surface area contributed by atoms with E-state index in [1.807, 2.05) is 37.3 Å². The van der Waals surface area contributed by atoms with Crippen molar-refractivity contribution in [2.24, 2.45) is 0 Å². The monoisotopic (exact) mass is 360 g/mol. The smallest absolute Gasteiger partial charge is 0.258 e. The summed E-state index contributed by atoms with van der Waals surface area (Å²) in [5.74, 6) is -1.11. The fourth-order valence-electron chi connectivity index (χ4n) is 3.25. The Hall–Kier alpha value is -3.47. The number of carbonyl (C=O) groups excluding carboxylic acids is 2. The first-order valence-corrected chi connectivity index (χ1v) is 8.61. The topological polar surface area (TPSA) is 49.4 Å². The van der Waals surface area contributed by atoms with E-state index < -0.39 is 11.7 Å². The lowest BCUT2D eigenvalue weighted by molar-refractivity contribution is 0.0993. The molecule has 0 saturated heterocycles. The van der Waals surface area contributed by atoms with E-state index in [1.54, 1.807) is 23.1 Å². The number of fused-ring (bicyclic) bond motifs is 1. The highest BCUT2D eigenvalue weighted by molar-refractivity contribution is 6.10. The second-order valence-corrected chi connectivity index (χ2v) is 6.48. The Balaban J connectivity index is 1.56. The van der Waals surface area contributed by atoms with Gasteiger partial charge in [0.05, 0.1) is 12.1 Å². The summed E-state index contributed by atoms with van der Waals surface area (Å²) in [5, 5.41) is 2.73. The molecule has 0 atom stereocenters. The predicted octanol–water partition coefficient (Wildman–Crippen LogP) is 4.55. The second kappa shape index (κ2) is 6.68. The van der Waals surface area contributed by atoms with Crippen molar-refractivity contribution in [3.8, 4) is 0 Å². The van der Waals surface area contributed by atoms with Crippen LogP contribution in [-0.4, -0.2) is 11.8 Å². The third-order valence-electron chi connectivity index (χ3n) is 4.71. The molecule has 0 radical (unpaired) electrons. The molecular formula is C22H17FN2O2. The van der Waals surface area contributed by atoms with Gasteiger partial charge < -0.3 is 10.2 Å². The number of hydrogen-bond donors (Lipinski definition) is 1. The molecule has 4 rings (SSSR count). The lowest BCUT2D eigenvalue weighted by atomic mass is 10.1. The molecule has 1 aliphatic heterocycles. The molecule has 3 aromatic rings. The second-order valence-electron chi connectivity index (χ2n) is 6.48. The van der Waals surface area contributed by atoms with Crippen LogP contribution in [0.1, 0.15) is 31.8 Å². The van der Waals surface area contributed by atoms with Gasteiger partial charge in [-0.25, -0.2) is 4.39 Å². The molecule has 0 aromatic heterocycles. The van der Waals surface area contributed by atoms with Crippen molar-refractivity contribution >= 4 is 23.2 Å². The molecule has 0 fully saturated rings. The average Bonchev–Trinajstić information content (AvgIpc) is 3.01. The molecule has 3 aromatic carbocycles. The summed E-state index contributed by atoms with van der Waals surface area (Å²) >= 11 is 0. The van der Waals surface area contributed by atoms with Crippen LogP contribution < -0.4 is 10.2 Å². The third-order valence-corrected chi connectivity index (χ3v) is 4.71. The Bertz CT molecular complexity index is 1060. The highest BCUT2D eigenvalue weighted by Crippen LogP contribution is 2.30. The first-order chi connectivity index (χ1) is 13.0. The van der Waals surface area contributed by atoms with Gasteiger partial charge in [0.1, 0.15) is 5.82 Å². The highest BCUT2D eigenvalue weighted by atomic mass is 19.1. The van der Waals surface area contributed by atoms with Crippen LogP contribution in [0.3, 0.4) is 0 Å². The molecule has 2 amide bonds. The van der Waals surface area contributed by atoms with Crippen molar-refractivity contribution in [1.29, 1.82) is 0 Å². The summed E-state index contributed by atoms with van der Waals surface area (Å²) in [7, 11) is 0. The number of rotatable bonds is 3. The number of amides is 2. The van der Waals surface area contributed by atoms with E-state index in [0.717, 1.165) is 16.8 Å². The van der Waals surface area contributed by atoms with Gasteiger partial charge in [-0.3, -0.25) is 9.59 Å². The first kappa shape index (κ1) is 17.0. The molecule has 0 bridgehead atoms. The molecule has 27 heavy (non-hydrogen) atoms. The van der Waals surface area contributed by atoms with Crippen molar-refractivity contribution in [2.75, 3.05) is 10.2 Å². The zero-order chi connectivity index (χ0) is 19.0. The molecular weight excluding hydrogens is 343 g/mol. The Morgan fingerprint density at radius 1 is 1.04 bits per heavy atom. The van der Waals surface area contributed by atoms with Crippen LogP contribution in [0.15, 0.2) is 66.7 Å². The normalized spacial score (nSPS) is 12.8. The standard InChI is InChI=1S/C22H17FN2O2/c1-14-12-16(25-13-15-6-2-3-7-17(15)22(25)27)10-11-20(14)24-21(26)18-8-4-5-9-19(18)23/h2-12H,13H2,1H3,(H,24,26). The van der Waals surface area contributed by atoms with Gasteiger partial charge in [-0.1, -0.05) is 30.3 Å². The van der Waals surface area contributed by atoms with Crippen LogP contribution >= 0.6 is 0 Å². The molecule has 0 saturated carbocycles. The van der Waals surface area contributed by atoms with Gasteiger partial charge in [0.15, 0.2) is 0 Å². The molecule has 1 N–H and O–H groups in total. The minimum Gasteiger partial charge on any atom is -0.322 e. The summed E-state index contributed by atoms with van der Waals surface area (Å²) in [4.78, 5) is 26.6. The van der Waals surface area contributed by atoms with Gasteiger partial charge in [-0.05, 0) is 54.4 Å². The molecule has 0 unspecified atom stereocenters. The van der Waals surface area contributed by atoms with Crippen molar-refractivity contribution in [3.05, 3.63) is 94.8 Å². The summed E-state index contributed by atoms with van der Waals surface area (Å²) in [5.41, 5.74) is 3.84. The first-order valence-electron chi connectivity index (χ1n) is 8.61. The molecule has 4 nitrogen and oxygen atoms in total. The van der Waals surface area contributed by atoms with Crippen molar-refractivity contribution < 1.29 is 14.0 Å². The van der Waals surface area contributed by atoms with Crippen LogP contribution in [-0.2, 0) is 6.54 Å². The van der Waals surface area contributed by atoms with E-state index >= 15 is 0 Å². The van der Waals surface area contributed by atoms with Gasteiger partial charge in [-0.15, -0.1) is 0 Å². The number of hydrogen-bond acceptors (Lipinski definition) is 2. The van der Waals surface area contributed by atoms with Gasteiger partial charge >= 0.3 is 0 Å². The van der Waals surface area contributed by atoms with E-state index in [-0.39, 0.29) is 11.5 Å². The number of carbonyl (C=O) groups is 2. The van der Waals surface area contributed by atoms with E-state index in [9.17, 15) is 14.0 Å². The summed E-state index contributed by atoms with van der Waals surface area (Å²) in [6.07, 6.45) is 0. The Morgan fingerprint density at radius 2 is 1.78 bits per heavy atom. The number of anilines is 2. The van der Waals surface area contributed by atoms with Crippen LogP contribution in [0.5, 0.6) is 0 Å². The predicted molar refractivity (Wildman–Crippen MR) is 102 cm³/mol. The van der Waals surface area contributed by atoms with E-state index in [0.29, 0.717) is 17.8 Å². The lowest BCUT2D eigenvalue weighted by Gasteiger charge is -2.18. The number of halogens is 1. The molecule has 1 aliphatic rings. The molecule has 0 aliphatic carbocycles. The maximum absolute atomic E-state index is 13.8. The summed E-state index contributed by atoms with van der Waals surface area (Å²) in [6, 6.07) is 18.8. The number of nitrogens with zero attached hydrogens (tertiary/aromatic N) is 1. The Kier molecular flexibility index (Phi) is 4.20. The third kappa shape index (κ3) is 3.08. The van der Waals surface area contributed by atoms with Crippen LogP contribution in [0, 0.1) is 12.7 Å².